The molecule has 0 atom stereocenters. The van der Waals surface area contributed by atoms with Gasteiger partial charge in [0.15, 0.2) is 0 Å². The summed E-state index contributed by atoms with van der Waals surface area (Å²) in [6, 6.07) is 0. The van der Waals surface area contributed by atoms with Crippen molar-refractivity contribution in [3.05, 3.63) is 21.8 Å². The monoisotopic (exact) mass is 416 g/mol. The first-order chi connectivity index (χ1) is 10.5. The Morgan fingerprint density at radius 3 is 1.77 bits per heavy atom. The molecule has 0 bridgehead atoms. The number of ether oxygens (including phenoxy) is 1. The molecule has 2 nitrogen and oxygen atoms in total. The third-order valence-corrected chi connectivity index (χ3v) is 18.4. The summed E-state index contributed by atoms with van der Waals surface area (Å²) < 4.78 is 11.7. The van der Waals surface area contributed by atoms with Gasteiger partial charge in [0.1, 0.15) is 0 Å². The standard InChI is InChI=1S/C7H9O2.3C4H9.Sn/c1-4-6(2)5-7(8)9-3;3*1-3-4-2;/h1,4-5H,2-3H3;3*1,3-4H2,2H3;/b4-1?,6-5+;;;;. The van der Waals surface area contributed by atoms with Crippen LogP contribution in [0.3, 0.4) is 0 Å². The second-order valence-electron chi connectivity index (χ2n) is 6.42. The number of rotatable bonds is 12. The van der Waals surface area contributed by atoms with Crippen LogP contribution >= 0.6 is 0 Å². The van der Waals surface area contributed by atoms with Gasteiger partial charge in [-0.15, -0.1) is 0 Å². The van der Waals surface area contributed by atoms with Crippen LogP contribution in [0.25, 0.3) is 0 Å². The summed E-state index contributed by atoms with van der Waals surface area (Å²) in [6.45, 7) is 8.89. The molecule has 3 heteroatoms. The molecule has 0 radical (unpaired) electrons. The van der Waals surface area contributed by atoms with Crippen LogP contribution in [0.15, 0.2) is 21.8 Å². The van der Waals surface area contributed by atoms with Crippen LogP contribution in [0, 0.1) is 0 Å². The molecule has 0 aromatic carbocycles. The summed E-state index contributed by atoms with van der Waals surface area (Å²) in [4.78, 5) is 11.3. The number of allylic oxidation sites excluding steroid dienone is 2. The minimum atomic E-state index is -2.20. The van der Waals surface area contributed by atoms with Gasteiger partial charge in [-0.3, -0.25) is 0 Å². The van der Waals surface area contributed by atoms with Crippen LogP contribution < -0.4 is 0 Å². The van der Waals surface area contributed by atoms with Crippen molar-refractivity contribution in [2.45, 2.75) is 79.5 Å². The van der Waals surface area contributed by atoms with E-state index in [9.17, 15) is 4.79 Å². The molecule has 22 heavy (non-hydrogen) atoms. The molecule has 0 rings (SSSR count). The Kier molecular flexibility index (Phi) is 13.1. The van der Waals surface area contributed by atoms with Crippen molar-refractivity contribution in [1.82, 2.24) is 0 Å². The number of hydrogen-bond acceptors (Lipinski definition) is 2. The van der Waals surface area contributed by atoms with E-state index in [2.05, 4.69) is 30.9 Å². The van der Waals surface area contributed by atoms with E-state index in [1.807, 2.05) is 6.92 Å². The van der Waals surface area contributed by atoms with Crippen molar-refractivity contribution >= 4 is 24.3 Å². The van der Waals surface area contributed by atoms with Crippen molar-refractivity contribution in [2.24, 2.45) is 0 Å². The molecule has 128 valence electrons. The third kappa shape index (κ3) is 9.70. The molecule has 0 heterocycles. The average Bonchev–Trinajstić information content (AvgIpc) is 2.53. The molecule has 0 N–H and O–H groups in total. The molecule has 0 aliphatic carbocycles. The molecule has 0 spiro atoms. The number of unbranched alkanes of at least 4 members (excludes halogenated alkanes) is 3. The van der Waals surface area contributed by atoms with Crippen LogP contribution in [-0.4, -0.2) is 31.5 Å². The van der Waals surface area contributed by atoms with Crippen LogP contribution in [0.5, 0.6) is 0 Å². The maximum absolute atomic E-state index is 11.3. The third-order valence-electron chi connectivity index (χ3n) is 4.33. The van der Waals surface area contributed by atoms with Gasteiger partial charge in [0.25, 0.3) is 0 Å². The van der Waals surface area contributed by atoms with E-state index in [4.69, 9.17) is 4.74 Å². The fraction of sp³-hybridized carbons (Fsp3) is 0.737. The molecule has 0 saturated heterocycles. The Balaban J connectivity index is 5.13. The topological polar surface area (TPSA) is 26.3 Å². The second-order valence-corrected chi connectivity index (χ2v) is 19.4. The SMILES string of the molecule is CCC[CH2][Sn](/[CH]=C/C(C)=C/C(=O)OC)([CH2]CCC)[CH2]CCC. The van der Waals surface area contributed by atoms with Gasteiger partial charge in [-0.05, 0) is 0 Å². The molecule has 0 aromatic heterocycles. The van der Waals surface area contributed by atoms with Gasteiger partial charge in [-0.1, -0.05) is 0 Å². The fourth-order valence-corrected chi connectivity index (χ4v) is 17.2. The van der Waals surface area contributed by atoms with E-state index in [-0.39, 0.29) is 5.97 Å². The van der Waals surface area contributed by atoms with Gasteiger partial charge in [0, 0.05) is 0 Å². The number of esters is 1. The zero-order chi connectivity index (χ0) is 16.8. The summed E-state index contributed by atoms with van der Waals surface area (Å²) in [6.07, 6.45) is 11.8. The summed E-state index contributed by atoms with van der Waals surface area (Å²) >= 11 is -2.20. The van der Waals surface area contributed by atoms with Crippen molar-refractivity contribution in [2.75, 3.05) is 7.11 Å². The number of carbonyl (C=O) groups excluding carboxylic acids is 1. The summed E-state index contributed by atoms with van der Waals surface area (Å²) in [5.41, 5.74) is 1.03. The first-order valence-corrected chi connectivity index (χ1v) is 16.7. The first-order valence-electron chi connectivity index (χ1n) is 8.99. The second kappa shape index (κ2) is 13.2. The maximum atomic E-state index is 11.3. The molecule has 0 amide bonds. The molecule has 0 fully saturated rings. The quantitative estimate of drug-likeness (QED) is 0.168. The Morgan fingerprint density at radius 2 is 1.41 bits per heavy atom. The average molecular weight is 415 g/mol. The molecule has 0 aliphatic rings. The Bertz CT molecular complexity index is 337. The number of methoxy groups -OCH3 is 1. The summed E-state index contributed by atoms with van der Waals surface area (Å²) in [7, 11) is 1.43. The minimum absolute atomic E-state index is 0.251. The molecule has 0 aliphatic heterocycles. The van der Waals surface area contributed by atoms with Crippen LogP contribution in [0.2, 0.25) is 13.3 Å². The van der Waals surface area contributed by atoms with Gasteiger partial charge in [0.05, 0.1) is 0 Å². The van der Waals surface area contributed by atoms with E-state index >= 15 is 0 Å². The predicted octanol–water partition coefficient (Wildman–Crippen LogP) is 6.05. The van der Waals surface area contributed by atoms with E-state index in [1.165, 1.54) is 58.9 Å². The van der Waals surface area contributed by atoms with E-state index < -0.39 is 18.4 Å². The predicted molar refractivity (Wildman–Crippen MR) is 99.8 cm³/mol. The van der Waals surface area contributed by atoms with Crippen LogP contribution in [-0.2, 0) is 9.53 Å². The summed E-state index contributed by atoms with van der Waals surface area (Å²) in [5.74, 6) is -0.251. The molecule has 0 unspecified atom stereocenters. The van der Waals surface area contributed by atoms with Crippen molar-refractivity contribution in [3.63, 3.8) is 0 Å². The van der Waals surface area contributed by atoms with Gasteiger partial charge < -0.3 is 0 Å². The van der Waals surface area contributed by atoms with Crippen LogP contribution in [0.4, 0.5) is 0 Å². The van der Waals surface area contributed by atoms with E-state index in [0.717, 1.165) is 5.57 Å². The normalized spacial score (nSPS) is 12.9. The zero-order valence-electron chi connectivity index (χ0n) is 15.4. The van der Waals surface area contributed by atoms with E-state index in [1.54, 1.807) is 6.08 Å². The van der Waals surface area contributed by atoms with Gasteiger partial charge >= 0.3 is 142 Å². The number of hydrogen-bond donors (Lipinski definition) is 0. The molecule has 0 aromatic rings. The van der Waals surface area contributed by atoms with Gasteiger partial charge in [-0.25, -0.2) is 0 Å². The first kappa shape index (κ1) is 21.7. The number of carbonyl (C=O) groups is 1. The van der Waals surface area contributed by atoms with Gasteiger partial charge in [0.2, 0.25) is 0 Å². The van der Waals surface area contributed by atoms with E-state index in [0.29, 0.717) is 0 Å². The molecular formula is C19H36O2Sn. The van der Waals surface area contributed by atoms with Crippen LogP contribution in [0.1, 0.15) is 66.2 Å². The fourth-order valence-electron chi connectivity index (χ4n) is 2.81. The van der Waals surface area contributed by atoms with Crippen molar-refractivity contribution in [1.29, 1.82) is 0 Å². The van der Waals surface area contributed by atoms with Gasteiger partial charge in [-0.2, -0.15) is 0 Å². The Labute approximate surface area is 142 Å². The molecule has 0 saturated carbocycles. The van der Waals surface area contributed by atoms with Crippen molar-refractivity contribution < 1.29 is 9.53 Å². The Morgan fingerprint density at radius 1 is 0.955 bits per heavy atom. The zero-order valence-corrected chi connectivity index (χ0v) is 18.3. The summed E-state index contributed by atoms with van der Waals surface area (Å²) in [5, 5.41) is 0. The van der Waals surface area contributed by atoms with Crippen molar-refractivity contribution in [3.8, 4) is 0 Å². The molecular weight excluding hydrogens is 379 g/mol. The Hall–Kier alpha value is -0.251.